The van der Waals surface area contributed by atoms with E-state index in [4.69, 9.17) is 5.73 Å². The molecule has 1 heterocycles. The average molecular weight is 259 g/mol. The van der Waals surface area contributed by atoms with Gasteiger partial charge in [0, 0.05) is 22.8 Å². The van der Waals surface area contributed by atoms with Crippen LogP contribution in [0.25, 0.3) is 10.9 Å². The Hall–Kier alpha value is -2.01. The van der Waals surface area contributed by atoms with Gasteiger partial charge < -0.3 is 21.1 Å². The molecule has 100 valence electrons. The van der Waals surface area contributed by atoms with Gasteiger partial charge in [-0.2, -0.15) is 0 Å². The Bertz CT molecular complexity index is 623. The number of hydrogen-bond acceptors (Lipinski definition) is 3. The Balaban J connectivity index is 1.91. The molecule has 0 radical (unpaired) electrons. The Morgan fingerprint density at radius 1 is 1.47 bits per heavy atom. The van der Waals surface area contributed by atoms with Crippen LogP contribution in [0.2, 0.25) is 0 Å². The van der Waals surface area contributed by atoms with Crippen molar-refractivity contribution in [1.29, 1.82) is 0 Å². The van der Waals surface area contributed by atoms with Crippen molar-refractivity contribution in [3.05, 3.63) is 30.0 Å². The lowest BCUT2D eigenvalue weighted by atomic mass is 9.77. The highest BCUT2D eigenvalue weighted by Crippen LogP contribution is 2.32. The van der Waals surface area contributed by atoms with Crippen LogP contribution in [0.15, 0.2) is 24.4 Å². The first-order chi connectivity index (χ1) is 9.13. The molecular formula is C14H17N3O2. The van der Waals surface area contributed by atoms with E-state index in [2.05, 4.69) is 10.3 Å². The van der Waals surface area contributed by atoms with Crippen LogP contribution in [-0.4, -0.2) is 28.1 Å². The fourth-order valence-corrected chi connectivity index (χ4v) is 2.56. The van der Waals surface area contributed by atoms with Crippen molar-refractivity contribution < 1.29 is 9.90 Å². The standard InChI is InChI=1S/C14H17N3O2/c15-9-2-3-12-10(6-9)11(7-16-12)13(19)17-14(8-18)4-1-5-14/h2-3,6-7,16,18H,1,4-5,8,15H2,(H,17,19). The minimum absolute atomic E-state index is 0.0107. The number of fused-ring (bicyclic) bond motifs is 1. The first-order valence-corrected chi connectivity index (χ1v) is 6.44. The van der Waals surface area contributed by atoms with Crippen LogP contribution in [0.1, 0.15) is 29.6 Å². The summed E-state index contributed by atoms with van der Waals surface area (Å²) in [6, 6.07) is 5.43. The zero-order chi connectivity index (χ0) is 13.5. The highest BCUT2D eigenvalue weighted by Gasteiger charge is 2.38. The lowest BCUT2D eigenvalue weighted by Gasteiger charge is -2.40. The minimum atomic E-state index is -0.430. The molecule has 1 aromatic carbocycles. The number of aromatic amines is 1. The second kappa shape index (κ2) is 4.28. The van der Waals surface area contributed by atoms with Crippen LogP contribution in [0.4, 0.5) is 5.69 Å². The van der Waals surface area contributed by atoms with Crippen LogP contribution < -0.4 is 11.1 Å². The summed E-state index contributed by atoms with van der Waals surface area (Å²) in [5.41, 5.74) is 7.41. The summed E-state index contributed by atoms with van der Waals surface area (Å²) in [7, 11) is 0. The first-order valence-electron chi connectivity index (χ1n) is 6.44. The number of nitrogens with one attached hydrogen (secondary N) is 2. The van der Waals surface area contributed by atoms with Gasteiger partial charge in [0.05, 0.1) is 17.7 Å². The third-order valence-electron chi connectivity index (χ3n) is 3.94. The topological polar surface area (TPSA) is 91.1 Å². The number of nitrogens with two attached hydrogens (primary N) is 1. The van der Waals surface area contributed by atoms with Crippen molar-refractivity contribution in [1.82, 2.24) is 10.3 Å². The highest BCUT2D eigenvalue weighted by atomic mass is 16.3. The van der Waals surface area contributed by atoms with Gasteiger partial charge in [-0.05, 0) is 37.5 Å². The second-order valence-electron chi connectivity index (χ2n) is 5.25. The number of amides is 1. The molecule has 1 amide bonds. The van der Waals surface area contributed by atoms with Gasteiger partial charge in [0.1, 0.15) is 0 Å². The number of hydrogen-bond donors (Lipinski definition) is 4. The molecule has 0 spiro atoms. The van der Waals surface area contributed by atoms with E-state index in [-0.39, 0.29) is 12.5 Å². The Labute approximate surface area is 110 Å². The van der Waals surface area contributed by atoms with Crippen molar-refractivity contribution in [2.45, 2.75) is 24.8 Å². The van der Waals surface area contributed by atoms with Gasteiger partial charge in [0.15, 0.2) is 0 Å². The molecule has 1 fully saturated rings. The van der Waals surface area contributed by atoms with Crippen LogP contribution in [0, 0.1) is 0 Å². The molecule has 0 saturated heterocycles. The smallest absolute Gasteiger partial charge is 0.253 e. The summed E-state index contributed by atoms with van der Waals surface area (Å²) >= 11 is 0. The molecule has 5 heteroatoms. The number of aliphatic hydroxyl groups is 1. The highest BCUT2D eigenvalue weighted by molar-refractivity contribution is 6.07. The van der Waals surface area contributed by atoms with Crippen molar-refractivity contribution in [3.8, 4) is 0 Å². The number of nitrogen functional groups attached to an aromatic ring is 1. The van der Waals surface area contributed by atoms with E-state index in [1.54, 1.807) is 18.3 Å². The maximum Gasteiger partial charge on any atom is 0.253 e. The summed E-state index contributed by atoms with van der Waals surface area (Å²) in [6.07, 6.45) is 4.39. The van der Waals surface area contributed by atoms with Gasteiger partial charge in [-0.15, -0.1) is 0 Å². The van der Waals surface area contributed by atoms with Gasteiger partial charge in [-0.3, -0.25) is 4.79 Å². The molecular weight excluding hydrogens is 242 g/mol. The fourth-order valence-electron chi connectivity index (χ4n) is 2.56. The summed E-state index contributed by atoms with van der Waals surface area (Å²) in [5, 5.41) is 13.2. The number of aliphatic hydroxyl groups excluding tert-OH is 1. The summed E-state index contributed by atoms with van der Waals surface area (Å²) in [4.78, 5) is 15.4. The third-order valence-corrected chi connectivity index (χ3v) is 3.94. The number of anilines is 1. The maximum absolute atomic E-state index is 12.3. The monoisotopic (exact) mass is 259 g/mol. The molecule has 1 aromatic heterocycles. The van der Waals surface area contributed by atoms with Gasteiger partial charge in [0.2, 0.25) is 0 Å². The molecule has 1 aliphatic rings. The molecule has 0 atom stereocenters. The van der Waals surface area contributed by atoms with E-state index < -0.39 is 5.54 Å². The van der Waals surface area contributed by atoms with Gasteiger partial charge in [-0.25, -0.2) is 0 Å². The SMILES string of the molecule is Nc1ccc2[nH]cc(C(=O)NC3(CO)CCC3)c2c1. The maximum atomic E-state index is 12.3. The van der Waals surface area contributed by atoms with E-state index in [1.165, 1.54) is 0 Å². The Morgan fingerprint density at radius 2 is 2.26 bits per heavy atom. The van der Waals surface area contributed by atoms with Crippen molar-refractivity contribution in [2.75, 3.05) is 12.3 Å². The molecule has 3 rings (SSSR count). The molecule has 1 saturated carbocycles. The predicted molar refractivity (Wildman–Crippen MR) is 73.8 cm³/mol. The fraction of sp³-hybridized carbons (Fsp3) is 0.357. The van der Waals surface area contributed by atoms with Crippen LogP contribution in [0.3, 0.4) is 0 Å². The predicted octanol–water partition coefficient (Wildman–Crippen LogP) is 1.39. The largest absolute Gasteiger partial charge is 0.399 e. The molecule has 5 N–H and O–H groups in total. The van der Waals surface area contributed by atoms with Crippen LogP contribution >= 0.6 is 0 Å². The summed E-state index contributed by atoms with van der Waals surface area (Å²) in [6.45, 7) is -0.0107. The van der Waals surface area contributed by atoms with Crippen molar-refractivity contribution in [2.24, 2.45) is 0 Å². The van der Waals surface area contributed by atoms with Gasteiger partial charge in [0.25, 0.3) is 5.91 Å². The Morgan fingerprint density at radius 3 is 2.89 bits per heavy atom. The molecule has 1 aliphatic carbocycles. The molecule has 5 nitrogen and oxygen atoms in total. The quantitative estimate of drug-likeness (QED) is 0.628. The van der Waals surface area contributed by atoms with Crippen molar-refractivity contribution >= 4 is 22.5 Å². The lowest BCUT2D eigenvalue weighted by Crippen LogP contribution is -2.56. The zero-order valence-corrected chi connectivity index (χ0v) is 10.6. The van der Waals surface area contributed by atoms with E-state index in [0.29, 0.717) is 11.3 Å². The minimum Gasteiger partial charge on any atom is -0.399 e. The number of benzene rings is 1. The summed E-state index contributed by atoms with van der Waals surface area (Å²) in [5.74, 6) is -0.161. The normalized spacial score (nSPS) is 17.1. The molecule has 0 aliphatic heterocycles. The molecule has 19 heavy (non-hydrogen) atoms. The first kappa shape index (κ1) is 12.0. The van der Waals surface area contributed by atoms with Crippen molar-refractivity contribution in [3.63, 3.8) is 0 Å². The van der Waals surface area contributed by atoms with Gasteiger partial charge >= 0.3 is 0 Å². The third kappa shape index (κ3) is 1.96. The van der Waals surface area contributed by atoms with Crippen LogP contribution in [0.5, 0.6) is 0 Å². The van der Waals surface area contributed by atoms with Gasteiger partial charge in [-0.1, -0.05) is 0 Å². The average Bonchev–Trinajstić information content (AvgIpc) is 2.76. The number of H-pyrrole nitrogens is 1. The number of carbonyl (C=O) groups excluding carboxylic acids is 1. The van der Waals surface area contributed by atoms with Crippen LogP contribution in [-0.2, 0) is 0 Å². The van der Waals surface area contributed by atoms with E-state index in [9.17, 15) is 9.90 Å². The van der Waals surface area contributed by atoms with E-state index in [1.807, 2.05) is 6.07 Å². The van der Waals surface area contributed by atoms with E-state index >= 15 is 0 Å². The molecule has 2 aromatic rings. The number of carbonyl (C=O) groups is 1. The number of aromatic nitrogens is 1. The summed E-state index contributed by atoms with van der Waals surface area (Å²) < 4.78 is 0. The zero-order valence-electron chi connectivity index (χ0n) is 10.6. The lowest BCUT2D eigenvalue weighted by molar-refractivity contribution is 0.0643. The number of rotatable bonds is 3. The molecule has 0 unspecified atom stereocenters. The molecule has 0 bridgehead atoms. The second-order valence-corrected chi connectivity index (χ2v) is 5.25. The Kier molecular flexibility index (Phi) is 2.71. The van der Waals surface area contributed by atoms with E-state index in [0.717, 1.165) is 30.2 Å².